The van der Waals surface area contributed by atoms with E-state index in [-0.39, 0.29) is 11.4 Å². The highest BCUT2D eigenvalue weighted by Gasteiger charge is 2.38. The minimum absolute atomic E-state index is 0.0213. The Morgan fingerprint density at radius 3 is 2.65 bits per heavy atom. The van der Waals surface area contributed by atoms with Crippen molar-refractivity contribution in [2.24, 2.45) is 5.41 Å². The Morgan fingerprint density at radius 1 is 1.31 bits per heavy atom. The maximum atomic E-state index is 11.6. The molecule has 10 heteroatoms. The predicted octanol–water partition coefficient (Wildman–Crippen LogP) is 0.824. The van der Waals surface area contributed by atoms with E-state index in [4.69, 9.17) is 9.47 Å². The first-order valence-corrected chi connectivity index (χ1v) is 8.62. The number of anilines is 1. The summed E-state index contributed by atoms with van der Waals surface area (Å²) in [6.07, 6.45) is 3.25. The van der Waals surface area contributed by atoms with Crippen molar-refractivity contribution < 1.29 is 19.1 Å². The van der Waals surface area contributed by atoms with E-state index >= 15 is 0 Å². The van der Waals surface area contributed by atoms with Crippen LogP contribution in [0.5, 0.6) is 0 Å². The molecule has 144 valence electrons. The number of H-pyrrole nitrogens is 1. The number of amides is 3. The number of urea groups is 1. The average Bonchev–Trinajstić information content (AvgIpc) is 2.57. The first kappa shape index (κ1) is 19.7. The van der Waals surface area contributed by atoms with Crippen LogP contribution < -0.4 is 21.5 Å². The Bertz CT molecular complexity index is 653. The molecule has 1 aromatic rings. The number of carbonyl (C=O) groups excluding carboxylic acids is 2. The molecule has 1 aliphatic rings. The van der Waals surface area contributed by atoms with E-state index in [1.54, 1.807) is 0 Å². The minimum Gasteiger partial charge on any atom is -0.449 e. The van der Waals surface area contributed by atoms with Crippen LogP contribution in [0.1, 0.15) is 26.2 Å². The fourth-order valence-corrected chi connectivity index (χ4v) is 2.28. The fourth-order valence-electron chi connectivity index (χ4n) is 2.28. The summed E-state index contributed by atoms with van der Waals surface area (Å²) < 4.78 is 10.4. The van der Waals surface area contributed by atoms with Gasteiger partial charge < -0.3 is 25.1 Å². The summed E-state index contributed by atoms with van der Waals surface area (Å²) in [5.41, 5.74) is -0.460. The van der Waals surface area contributed by atoms with Crippen LogP contribution in [-0.2, 0) is 9.47 Å². The Kier molecular flexibility index (Phi) is 7.39. The lowest BCUT2D eigenvalue weighted by Gasteiger charge is -2.39. The lowest BCUT2D eigenvalue weighted by atomic mass is 9.84. The minimum atomic E-state index is -0.459. The summed E-state index contributed by atoms with van der Waals surface area (Å²) >= 11 is 0. The molecule has 2 rings (SSSR count). The number of hydrogen-bond donors (Lipinski definition) is 4. The first-order valence-electron chi connectivity index (χ1n) is 8.62. The first-order chi connectivity index (χ1) is 12.5. The third-order valence-electron chi connectivity index (χ3n) is 4.13. The van der Waals surface area contributed by atoms with Crippen LogP contribution in [0, 0.1) is 5.41 Å². The molecule has 0 unspecified atom stereocenters. The third-order valence-corrected chi connectivity index (χ3v) is 4.13. The second-order valence-corrected chi connectivity index (χ2v) is 6.21. The zero-order valence-corrected chi connectivity index (χ0v) is 14.8. The number of nitrogens with one attached hydrogen (secondary N) is 4. The average molecular weight is 367 g/mol. The quantitative estimate of drug-likeness (QED) is 0.478. The Balaban J connectivity index is 1.49. The van der Waals surface area contributed by atoms with E-state index in [0.717, 1.165) is 6.42 Å². The second kappa shape index (κ2) is 9.76. The molecule has 0 aliphatic carbocycles. The maximum absolute atomic E-state index is 11.6. The van der Waals surface area contributed by atoms with Gasteiger partial charge in [0.1, 0.15) is 6.61 Å². The molecule has 10 nitrogen and oxygen atoms in total. The van der Waals surface area contributed by atoms with Gasteiger partial charge in [-0.15, -0.1) is 0 Å². The molecule has 1 aromatic heterocycles. The molecule has 1 saturated heterocycles. The number of carbonyl (C=O) groups is 2. The predicted molar refractivity (Wildman–Crippen MR) is 94.0 cm³/mol. The summed E-state index contributed by atoms with van der Waals surface area (Å²) in [5, 5.41) is 7.74. The zero-order chi connectivity index (χ0) is 18.8. The van der Waals surface area contributed by atoms with Crippen molar-refractivity contribution in [1.82, 2.24) is 20.6 Å². The molecule has 3 amide bonds. The summed E-state index contributed by atoms with van der Waals surface area (Å²) in [4.78, 5) is 40.5. The van der Waals surface area contributed by atoms with Crippen molar-refractivity contribution in [3.63, 3.8) is 0 Å². The van der Waals surface area contributed by atoms with Crippen LogP contribution in [0.2, 0.25) is 0 Å². The van der Waals surface area contributed by atoms with Gasteiger partial charge in [-0.1, -0.05) is 6.92 Å². The molecular weight excluding hydrogens is 342 g/mol. The van der Waals surface area contributed by atoms with E-state index in [9.17, 15) is 14.4 Å². The van der Waals surface area contributed by atoms with E-state index in [0.29, 0.717) is 45.8 Å². The van der Waals surface area contributed by atoms with E-state index in [1.807, 2.05) is 0 Å². The van der Waals surface area contributed by atoms with Gasteiger partial charge in [-0.25, -0.2) is 9.59 Å². The van der Waals surface area contributed by atoms with Crippen LogP contribution in [0.3, 0.4) is 0 Å². The normalized spacial score (nSPS) is 14.8. The number of aromatic amines is 1. The smallest absolute Gasteiger partial charge is 0.407 e. The van der Waals surface area contributed by atoms with Crippen LogP contribution in [0.15, 0.2) is 17.1 Å². The highest BCUT2D eigenvalue weighted by Crippen LogP contribution is 2.31. The second-order valence-electron chi connectivity index (χ2n) is 6.21. The summed E-state index contributed by atoms with van der Waals surface area (Å²) in [6, 6.07) is 0.794. The molecular formula is C16H25N5O5. The van der Waals surface area contributed by atoms with E-state index in [1.165, 1.54) is 12.3 Å². The van der Waals surface area contributed by atoms with Gasteiger partial charge in [0.05, 0.1) is 18.6 Å². The van der Waals surface area contributed by atoms with Gasteiger partial charge in [0, 0.05) is 25.4 Å². The van der Waals surface area contributed by atoms with Crippen molar-refractivity contribution in [2.75, 3.05) is 38.2 Å². The van der Waals surface area contributed by atoms with Crippen LogP contribution >= 0.6 is 0 Å². The third kappa shape index (κ3) is 6.36. The number of alkyl carbamates (subject to hydrolysis) is 1. The summed E-state index contributed by atoms with van der Waals surface area (Å²) in [5.74, 6) is 0.0844. The Hall–Kier alpha value is -2.62. The van der Waals surface area contributed by atoms with Gasteiger partial charge in [0.25, 0.3) is 5.56 Å². The molecule has 0 bridgehead atoms. The molecule has 0 atom stereocenters. The van der Waals surface area contributed by atoms with Crippen molar-refractivity contribution in [3.8, 4) is 0 Å². The van der Waals surface area contributed by atoms with Gasteiger partial charge in [-0.05, 0) is 19.3 Å². The molecule has 1 fully saturated rings. The molecule has 0 radical (unpaired) electrons. The molecule has 26 heavy (non-hydrogen) atoms. The molecule has 0 saturated carbocycles. The fraction of sp³-hybridized carbons (Fsp3) is 0.625. The lowest BCUT2D eigenvalue weighted by molar-refractivity contribution is -0.138. The van der Waals surface area contributed by atoms with Gasteiger partial charge in [-0.2, -0.15) is 4.98 Å². The van der Waals surface area contributed by atoms with Crippen molar-refractivity contribution in [3.05, 3.63) is 22.6 Å². The lowest BCUT2D eigenvalue weighted by Crippen LogP contribution is -2.47. The standard InChI is InChI=1S/C16H25N5O5/c1-2-16(9-25-10-16)11-26-15(24)19-7-4-3-6-18-14(23)21-13-17-8-5-12(22)20-13/h5,8H,2-4,6-7,9-11H2,1H3,(H,19,24)(H3,17,18,20,21,22,23). The number of rotatable bonds is 9. The van der Waals surface area contributed by atoms with Gasteiger partial charge in [-0.3, -0.25) is 10.1 Å². The molecule has 4 N–H and O–H groups in total. The molecule has 0 spiro atoms. The maximum Gasteiger partial charge on any atom is 0.407 e. The number of hydrogen-bond acceptors (Lipinski definition) is 6. The zero-order valence-electron chi connectivity index (χ0n) is 14.8. The number of aromatic nitrogens is 2. The number of ether oxygens (including phenoxy) is 2. The van der Waals surface area contributed by atoms with Crippen LogP contribution in [0.4, 0.5) is 15.5 Å². The molecule has 2 heterocycles. The Labute approximate surface area is 151 Å². The van der Waals surface area contributed by atoms with E-state index in [2.05, 4.69) is 32.8 Å². The SMILES string of the molecule is CCC1(COC(=O)NCCCCNC(=O)Nc2nc(=O)cc[nH]2)COC1. The molecule has 1 aliphatic heterocycles. The highest BCUT2D eigenvalue weighted by atomic mass is 16.6. The number of nitrogens with zero attached hydrogens (tertiary/aromatic N) is 1. The topological polar surface area (TPSA) is 134 Å². The molecule has 0 aromatic carbocycles. The van der Waals surface area contributed by atoms with Crippen molar-refractivity contribution in [1.29, 1.82) is 0 Å². The van der Waals surface area contributed by atoms with E-state index < -0.39 is 17.7 Å². The van der Waals surface area contributed by atoms with Gasteiger partial charge >= 0.3 is 12.1 Å². The Morgan fingerprint density at radius 2 is 2.04 bits per heavy atom. The van der Waals surface area contributed by atoms with Gasteiger partial charge in [0.15, 0.2) is 0 Å². The van der Waals surface area contributed by atoms with Crippen molar-refractivity contribution in [2.45, 2.75) is 26.2 Å². The summed E-state index contributed by atoms with van der Waals surface area (Å²) in [7, 11) is 0. The summed E-state index contributed by atoms with van der Waals surface area (Å²) in [6.45, 7) is 4.58. The monoisotopic (exact) mass is 367 g/mol. The van der Waals surface area contributed by atoms with Gasteiger partial charge in [0.2, 0.25) is 5.95 Å². The number of unbranched alkanes of at least 4 members (excludes halogenated alkanes) is 1. The van der Waals surface area contributed by atoms with Crippen LogP contribution in [0.25, 0.3) is 0 Å². The highest BCUT2D eigenvalue weighted by molar-refractivity contribution is 5.87. The largest absolute Gasteiger partial charge is 0.449 e. The van der Waals surface area contributed by atoms with Crippen molar-refractivity contribution >= 4 is 18.1 Å². The van der Waals surface area contributed by atoms with Crippen LogP contribution in [-0.4, -0.2) is 55.0 Å².